The molecule has 3 aromatic carbocycles. The summed E-state index contributed by atoms with van der Waals surface area (Å²) in [4.78, 5) is 4.63. The molecule has 0 aliphatic rings. The molecule has 25 heavy (non-hydrogen) atoms. The van der Waals surface area contributed by atoms with Crippen LogP contribution in [0, 0.1) is 0 Å². The lowest BCUT2D eigenvalue weighted by Gasteiger charge is -2.08. The van der Waals surface area contributed by atoms with Crippen molar-refractivity contribution in [3.05, 3.63) is 78.4 Å². The Kier molecular flexibility index (Phi) is 3.81. The standard InChI is InChI=1S/C20H12F3NS/c21-20(22,23)16-10-8-13(9-11-16)14-4-3-5-15(12-14)19-24-17-6-1-2-7-18(17)25-19/h1-12H. The minimum Gasteiger partial charge on any atom is -0.236 e. The van der Waals surface area contributed by atoms with Crippen molar-refractivity contribution in [1.82, 2.24) is 4.98 Å². The van der Waals surface area contributed by atoms with Gasteiger partial charge in [0, 0.05) is 5.56 Å². The summed E-state index contributed by atoms with van der Waals surface area (Å²) < 4.78 is 39.2. The highest BCUT2D eigenvalue weighted by molar-refractivity contribution is 7.21. The van der Waals surface area contributed by atoms with Crippen LogP contribution >= 0.6 is 11.3 Å². The van der Waals surface area contributed by atoms with Gasteiger partial charge in [0.05, 0.1) is 15.8 Å². The van der Waals surface area contributed by atoms with E-state index in [1.165, 1.54) is 12.1 Å². The van der Waals surface area contributed by atoms with Gasteiger partial charge in [-0.05, 0) is 41.5 Å². The Morgan fingerprint density at radius 1 is 0.720 bits per heavy atom. The largest absolute Gasteiger partial charge is 0.416 e. The summed E-state index contributed by atoms with van der Waals surface area (Å²) in [7, 11) is 0. The average molecular weight is 355 g/mol. The van der Waals surface area contributed by atoms with Gasteiger partial charge in [-0.3, -0.25) is 0 Å². The zero-order chi connectivity index (χ0) is 17.4. The predicted octanol–water partition coefficient (Wildman–Crippen LogP) is 6.65. The third-order valence-electron chi connectivity index (χ3n) is 3.95. The molecule has 0 saturated carbocycles. The van der Waals surface area contributed by atoms with Gasteiger partial charge >= 0.3 is 6.18 Å². The average Bonchev–Trinajstić information content (AvgIpc) is 3.05. The first kappa shape index (κ1) is 15.8. The normalized spacial score (nSPS) is 11.8. The number of fused-ring (bicyclic) bond motifs is 1. The second-order valence-corrected chi connectivity index (χ2v) is 6.67. The molecule has 124 valence electrons. The zero-order valence-corrected chi connectivity index (χ0v) is 13.7. The van der Waals surface area contributed by atoms with Crippen molar-refractivity contribution in [2.24, 2.45) is 0 Å². The van der Waals surface area contributed by atoms with E-state index in [0.717, 1.165) is 44.0 Å². The van der Waals surface area contributed by atoms with Crippen LogP contribution in [0.25, 0.3) is 31.9 Å². The van der Waals surface area contributed by atoms with E-state index >= 15 is 0 Å². The molecule has 0 N–H and O–H groups in total. The topological polar surface area (TPSA) is 12.9 Å². The molecule has 1 aromatic heterocycles. The summed E-state index contributed by atoms with van der Waals surface area (Å²) in [5.74, 6) is 0. The number of para-hydroxylation sites is 1. The summed E-state index contributed by atoms with van der Waals surface area (Å²) in [6, 6.07) is 20.8. The summed E-state index contributed by atoms with van der Waals surface area (Å²) in [6.07, 6.45) is -4.32. The third kappa shape index (κ3) is 3.15. The van der Waals surface area contributed by atoms with E-state index in [4.69, 9.17) is 0 Å². The maximum absolute atomic E-state index is 12.7. The monoisotopic (exact) mass is 355 g/mol. The van der Waals surface area contributed by atoms with E-state index in [1.54, 1.807) is 11.3 Å². The maximum Gasteiger partial charge on any atom is 0.416 e. The first-order valence-electron chi connectivity index (χ1n) is 7.64. The summed E-state index contributed by atoms with van der Waals surface area (Å²) in [6.45, 7) is 0. The molecule has 0 aliphatic heterocycles. The van der Waals surface area contributed by atoms with Crippen molar-refractivity contribution in [1.29, 1.82) is 0 Å². The number of nitrogens with zero attached hydrogens (tertiary/aromatic N) is 1. The maximum atomic E-state index is 12.7. The molecule has 1 heterocycles. The fraction of sp³-hybridized carbons (Fsp3) is 0.0500. The van der Waals surface area contributed by atoms with Gasteiger partial charge in [0.25, 0.3) is 0 Å². The van der Waals surface area contributed by atoms with Gasteiger partial charge in [-0.25, -0.2) is 4.98 Å². The summed E-state index contributed by atoms with van der Waals surface area (Å²) in [5, 5.41) is 0.898. The molecule has 0 radical (unpaired) electrons. The molecule has 4 aromatic rings. The number of alkyl halides is 3. The van der Waals surface area contributed by atoms with Gasteiger partial charge in [0.15, 0.2) is 0 Å². The smallest absolute Gasteiger partial charge is 0.236 e. The molecule has 0 atom stereocenters. The van der Waals surface area contributed by atoms with E-state index < -0.39 is 11.7 Å². The molecule has 1 nitrogen and oxygen atoms in total. The van der Waals surface area contributed by atoms with Crippen LogP contribution in [0.2, 0.25) is 0 Å². The minimum absolute atomic E-state index is 0.640. The lowest BCUT2D eigenvalue weighted by atomic mass is 10.0. The first-order chi connectivity index (χ1) is 12.0. The molecule has 0 amide bonds. The van der Waals surface area contributed by atoms with Crippen molar-refractivity contribution in [2.45, 2.75) is 6.18 Å². The van der Waals surface area contributed by atoms with Crippen molar-refractivity contribution < 1.29 is 13.2 Å². The summed E-state index contributed by atoms with van der Waals surface area (Å²) in [5.41, 5.74) is 2.88. The molecule has 5 heteroatoms. The molecule has 0 saturated heterocycles. The van der Waals surface area contributed by atoms with Crippen LogP contribution in [0.5, 0.6) is 0 Å². The fourth-order valence-electron chi connectivity index (χ4n) is 2.68. The highest BCUT2D eigenvalue weighted by Gasteiger charge is 2.29. The SMILES string of the molecule is FC(F)(F)c1ccc(-c2cccc(-c3nc4ccccc4s3)c2)cc1. The molecule has 4 rings (SSSR count). The molecule has 0 fully saturated rings. The Hall–Kier alpha value is -2.66. The van der Waals surface area contributed by atoms with E-state index in [1.807, 2.05) is 48.5 Å². The van der Waals surface area contributed by atoms with Gasteiger partial charge in [-0.15, -0.1) is 11.3 Å². The molecular formula is C20H12F3NS. The van der Waals surface area contributed by atoms with Gasteiger partial charge in [-0.2, -0.15) is 13.2 Å². The van der Waals surface area contributed by atoms with Crippen LogP contribution < -0.4 is 0 Å². The second kappa shape index (κ2) is 6.01. The number of thiazole rings is 1. The molecule has 0 unspecified atom stereocenters. The minimum atomic E-state index is -4.32. The summed E-state index contributed by atoms with van der Waals surface area (Å²) >= 11 is 1.60. The first-order valence-corrected chi connectivity index (χ1v) is 8.46. The van der Waals surface area contributed by atoms with E-state index in [-0.39, 0.29) is 0 Å². The third-order valence-corrected chi connectivity index (χ3v) is 5.03. The number of halogens is 3. The predicted molar refractivity (Wildman–Crippen MR) is 95.5 cm³/mol. The Morgan fingerprint density at radius 2 is 1.44 bits per heavy atom. The molecule has 0 spiro atoms. The number of rotatable bonds is 2. The fourth-order valence-corrected chi connectivity index (χ4v) is 3.64. The van der Waals surface area contributed by atoms with Crippen LogP contribution in [0.15, 0.2) is 72.8 Å². The Bertz CT molecular complexity index is 1000. The number of hydrogen-bond donors (Lipinski definition) is 0. The zero-order valence-electron chi connectivity index (χ0n) is 12.9. The van der Waals surface area contributed by atoms with Crippen molar-refractivity contribution in [2.75, 3.05) is 0 Å². The quantitative estimate of drug-likeness (QED) is 0.392. The van der Waals surface area contributed by atoms with Crippen LogP contribution in [0.3, 0.4) is 0 Å². The molecule has 0 bridgehead atoms. The van der Waals surface area contributed by atoms with E-state index in [0.29, 0.717) is 0 Å². The van der Waals surface area contributed by atoms with Crippen LogP contribution in [-0.4, -0.2) is 4.98 Å². The Labute approximate surface area is 146 Å². The second-order valence-electron chi connectivity index (χ2n) is 5.64. The molecular weight excluding hydrogens is 343 g/mol. The van der Waals surface area contributed by atoms with Gasteiger partial charge in [0.1, 0.15) is 5.01 Å². The van der Waals surface area contributed by atoms with E-state index in [9.17, 15) is 13.2 Å². The van der Waals surface area contributed by atoms with Crippen molar-refractivity contribution in [3.8, 4) is 21.7 Å². The number of aromatic nitrogens is 1. The van der Waals surface area contributed by atoms with Gasteiger partial charge in [0.2, 0.25) is 0 Å². The number of hydrogen-bond acceptors (Lipinski definition) is 2. The lowest BCUT2D eigenvalue weighted by molar-refractivity contribution is -0.137. The Morgan fingerprint density at radius 3 is 2.16 bits per heavy atom. The van der Waals surface area contributed by atoms with Crippen LogP contribution in [0.4, 0.5) is 13.2 Å². The van der Waals surface area contributed by atoms with Crippen molar-refractivity contribution >= 4 is 21.6 Å². The van der Waals surface area contributed by atoms with Crippen LogP contribution in [-0.2, 0) is 6.18 Å². The van der Waals surface area contributed by atoms with Crippen LogP contribution in [0.1, 0.15) is 5.56 Å². The highest BCUT2D eigenvalue weighted by atomic mass is 32.1. The van der Waals surface area contributed by atoms with Gasteiger partial charge < -0.3 is 0 Å². The van der Waals surface area contributed by atoms with Crippen molar-refractivity contribution in [3.63, 3.8) is 0 Å². The highest BCUT2D eigenvalue weighted by Crippen LogP contribution is 2.34. The molecule has 0 aliphatic carbocycles. The van der Waals surface area contributed by atoms with Gasteiger partial charge in [-0.1, -0.05) is 42.5 Å². The van der Waals surface area contributed by atoms with E-state index in [2.05, 4.69) is 4.98 Å². The lowest BCUT2D eigenvalue weighted by Crippen LogP contribution is -2.03. The number of benzene rings is 3. The Balaban J connectivity index is 1.72.